The molecule has 0 bridgehead atoms. The van der Waals surface area contributed by atoms with E-state index >= 15 is 0 Å². The monoisotopic (exact) mass is 207 g/mol. The summed E-state index contributed by atoms with van der Waals surface area (Å²) >= 11 is 7.98. The third-order valence-electron chi connectivity index (χ3n) is 0.816. The van der Waals surface area contributed by atoms with Crippen molar-refractivity contribution >= 4 is 33.1 Å². The van der Waals surface area contributed by atoms with Crippen molar-refractivity contribution in [3.05, 3.63) is 10.6 Å². The Morgan fingerprint density at radius 3 is 2.67 bits per heavy atom. The third kappa shape index (κ3) is 8.11. The minimum Gasteiger partial charge on any atom is -0.393 e. The van der Waals surface area contributed by atoms with Crippen molar-refractivity contribution in [3.63, 3.8) is 0 Å². The van der Waals surface area contributed by atoms with Crippen LogP contribution in [0.15, 0.2) is 10.6 Å². The molecule has 0 saturated heterocycles. The zero-order chi connectivity index (χ0) is 7.28. The molecule has 0 spiro atoms. The molecule has 1 nitrogen and oxygen atoms in total. The Hall–Kier alpha value is 0.110. The number of hydrogen-bond donors (Lipinski definition) is 1. The van der Waals surface area contributed by atoms with Crippen LogP contribution in [-0.2, 0) is 0 Å². The van der Waals surface area contributed by atoms with E-state index in [0.29, 0.717) is 4.99 Å². The van der Waals surface area contributed by atoms with Crippen molar-refractivity contribution in [2.45, 2.75) is 19.8 Å². The number of rotatable bonds is 3. The first-order chi connectivity index (χ1) is 4.13. The Morgan fingerprint density at radius 1 is 1.78 bits per heavy atom. The standard InChI is InChI=1S/C6H10BrNS/c1-5(7)3-2-4-6(8)9/h3H,2,4H2,1H3,(H2,8,9)/b5-3+. The summed E-state index contributed by atoms with van der Waals surface area (Å²) < 4.78 is 1.14. The van der Waals surface area contributed by atoms with Crippen molar-refractivity contribution in [1.29, 1.82) is 0 Å². The molecule has 0 saturated carbocycles. The molecule has 0 aliphatic carbocycles. The minimum atomic E-state index is 0.583. The largest absolute Gasteiger partial charge is 0.393 e. The van der Waals surface area contributed by atoms with Gasteiger partial charge in [-0.15, -0.1) is 0 Å². The van der Waals surface area contributed by atoms with Gasteiger partial charge in [-0.05, 0) is 17.8 Å². The lowest BCUT2D eigenvalue weighted by Gasteiger charge is -1.90. The van der Waals surface area contributed by atoms with Gasteiger partial charge in [0, 0.05) is 6.42 Å². The smallest absolute Gasteiger partial charge is 0.0730 e. The fraction of sp³-hybridized carbons (Fsp3) is 0.500. The minimum absolute atomic E-state index is 0.583. The highest BCUT2D eigenvalue weighted by molar-refractivity contribution is 9.11. The van der Waals surface area contributed by atoms with Crippen molar-refractivity contribution < 1.29 is 0 Å². The second-order valence-electron chi connectivity index (χ2n) is 1.80. The van der Waals surface area contributed by atoms with Gasteiger partial charge in [0.25, 0.3) is 0 Å². The van der Waals surface area contributed by atoms with Gasteiger partial charge in [-0.2, -0.15) is 0 Å². The maximum absolute atomic E-state index is 5.27. The molecule has 0 fully saturated rings. The first-order valence-electron chi connectivity index (χ1n) is 2.73. The Balaban J connectivity index is 3.31. The lowest BCUT2D eigenvalue weighted by molar-refractivity contribution is 1.10. The molecule has 0 unspecified atom stereocenters. The SMILES string of the molecule is C/C(Br)=C\CCC(N)=S. The highest BCUT2D eigenvalue weighted by Gasteiger charge is 1.85. The fourth-order valence-electron chi connectivity index (χ4n) is 0.413. The summed E-state index contributed by atoms with van der Waals surface area (Å²) in [6.07, 6.45) is 3.80. The highest BCUT2D eigenvalue weighted by Crippen LogP contribution is 2.04. The van der Waals surface area contributed by atoms with Crippen molar-refractivity contribution in [2.24, 2.45) is 5.73 Å². The van der Waals surface area contributed by atoms with Crippen molar-refractivity contribution in [2.75, 3.05) is 0 Å². The molecule has 0 aromatic heterocycles. The Kier molecular flexibility index (Phi) is 5.00. The van der Waals surface area contributed by atoms with E-state index in [2.05, 4.69) is 34.2 Å². The number of halogens is 1. The summed E-state index contributed by atoms with van der Waals surface area (Å²) in [6, 6.07) is 0. The molecule has 0 aliphatic rings. The molecule has 0 aromatic carbocycles. The summed E-state index contributed by atoms with van der Waals surface area (Å²) in [4.78, 5) is 0.583. The van der Waals surface area contributed by atoms with E-state index in [1.165, 1.54) is 0 Å². The molecule has 52 valence electrons. The Labute approximate surface area is 69.4 Å². The normalized spacial score (nSPS) is 11.6. The van der Waals surface area contributed by atoms with Crippen LogP contribution in [0.3, 0.4) is 0 Å². The summed E-state index contributed by atoms with van der Waals surface area (Å²) in [5.41, 5.74) is 5.27. The van der Waals surface area contributed by atoms with Gasteiger partial charge >= 0.3 is 0 Å². The first-order valence-corrected chi connectivity index (χ1v) is 3.93. The number of thiocarbonyl (C=S) groups is 1. The van der Waals surface area contributed by atoms with Gasteiger partial charge in [0.05, 0.1) is 4.99 Å². The molecular formula is C6H10BrNS. The van der Waals surface area contributed by atoms with Crippen molar-refractivity contribution in [1.82, 2.24) is 0 Å². The topological polar surface area (TPSA) is 26.0 Å². The van der Waals surface area contributed by atoms with E-state index in [-0.39, 0.29) is 0 Å². The number of nitrogens with two attached hydrogens (primary N) is 1. The highest BCUT2D eigenvalue weighted by atomic mass is 79.9. The van der Waals surface area contributed by atoms with E-state index in [1.807, 2.05) is 6.92 Å². The molecule has 9 heavy (non-hydrogen) atoms. The zero-order valence-electron chi connectivity index (χ0n) is 5.36. The molecule has 0 heterocycles. The van der Waals surface area contributed by atoms with E-state index < -0.39 is 0 Å². The zero-order valence-corrected chi connectivity index (χ0v) is 7.76. The fourth-order valence-corrected chi connectivity index (χ4v) is 0.760. The molecule has 2 N–H and O–H groups in total. The van der Waals surface area contributed by atoms with Gasteiger partial charge in [0.2, 0.25) is 0 Å². The average molecular weight is 208 g/mol. The first kappa shape index (κ1) is 9.11. The molecule has 3 heteroatoms. The maximum atomic E-state index is 5.27. The van der Waals surface area contributed by atoms with E-state index in [9.17, 15) is 0 Å². The summed E-state index contributed by atoms with van der Waals surface area (Å²) in [7, 11) is 0. The molecule has 0 radical (unpaired) electrons. The second-order valence-corrected chi connectivity index (χ2v) is 3.57. The van der Waals surface area contributed by atoms with Crippen LogP contribution in [0.1, 0.15) is 19.8 Å². The molecule has 0 aliphatic heterocycles. The molecule has 0 rings (SSSR count). The lowest BCUT2D eigenvalue weighted by atomic mass is 10.3. The third-order valence-corrected chi connectivity index (χ3v) is 1.34. The number of allylic oxidation sites excluding steroid dienone is 2. The van der Waals surface area contributed by atoms with Gasteiger partial charge in [0.1, 0.15) is 0 Å². The van der Waals surface area contributed by atoms with Gasteiger partial charge in [-0.1, -0.05) is 34.2 Å². The maximum Gasteiger partial charge on any atom is 0.0730 e. The van der Waals surface area contributed by atoms with Gasteiger partial charge in [-0.3, -0.25) is 0 Å². The van der Waals surface area contributed by atoms with Crippen LogP contribution < -0.4 is 5.73 Å². The molecular weight excluding hydrogens is 198 g/mol. The van der Waals surface area contributed by atoms with Crippen LogP contribution in [0.2, 0.25) is 0 Å². The summed E-state index contributed by atoms with van der Waals surface area (Å²) in [5.74, 6) is 0. The quantitative estimate of drug-likeness (QED) is 0.720. The Bertz CT molecular complexity index is 127. The van der Waals surface area contributed by atoms with Gasteiger partial charge in [-0.25, -0.2) is 0 Å². The van der Waals surface area contributed by atoms with Crippen LogP contribution in [0.5, 0.6) is 0 Å². The van der Waals surface area contributed by atoms with Crippen LogP contribution in [-0.4, -0.2) is 4.99 Å². The van der Waals surface area contributed by atoms with E-state index in [0.717, 1.165) is 17.3 Å². The predicted octanol–water partition coefficient (Wildman–Crippen LogP) is 2.35. The van der Waals surface area contributed by atoms with Gasteiger partial charge in [0.15, 0.2) is 0 Å². The van der Waals surface area contributed by atoms with Crippen LogP contribution in [0, 0.1) is 0 Å². The van der Waals surface area contributed by atoms with Crippen LogP contribution >= 0.6 is 28.1 Å². The van der Waals surface area contributed by atoms with Gasteiger partial charge < -0.3 is 5.73 Å². The Morgan fingerprint density at radius 2 is 2.33 bits per heavy atom. The predicted molar refractivity (Wildman–Crippen MR) is 48.7 cm³/mol. The van der Waals surface area contributed by atoms with E-state index in [1.54, 1.807) is 0 Å². The second kappa shape index (κ2) is 4.94. The summed E-state index contributed by atoms with van der Waals surface area (Å²) in [6.45, 7) is 1.99. The van der Waals surface area contributed by atoms with Crippen LogP contribution in [0.25, 0.3) is 0 Å². The summed E-state index contributed by atoms with van der Waals surface area (Å²) in [5, 5.41) is 0. The van der Waals surface area contributed by atoms with E-state index in [4.69, 9.17) is 5.73 Å². The molecule has 0 amide bonds. The van der Waals surface area contributed by atoms with Crippen LogP contribution in [0.4, 0.5) is 0 Å². The molecule has 0 aromatic rings. The van der Waals surface area contributed by atoms with Crippen molar-refractivity contribution in [3.8, 4) is 0 Å². The average Bonchev–Trinajstić information content (AvgIpc) is 1.63. The lowest BCUT2D eigenvalue weighted by Crippen LogP contribution is -2.05. The molecule has 0 atom stereocenters. The number of hydrogen-bond acceptors (Lipinski definition) is 1.